The molecule has 2 rings (SSSR count). The molecule has 0 aliphatic heterocycles. The lowest BCUT2D eigenvalue weighted by atomic mass is 10.4. The third-order valence-electron chi connectivity index (χ3n) is 1.46. The number of rotatable bonds is 0. The molecule has 0 fully saturated rings. The summed E-state index contributed by atoms with van der Waals surface area (Å²) in [7, 11) is 0. The van der Waals surface area contributed by atoms with Gasteiger partial charge in [-0.1, -0.05) is 0 Å². The van der Waals surface area contributed by atoms with E-state index >= 15 is 0 Å². The molecule has 0 aliphatic carbocycles. The lowest BCUT2D eigenvalue weighted by Crippen LogP contribution is -2.21. The van der Waals surface area contributed by atoms with Gasteiger partial charge in [0.25, 0.3) is 0 Å². The molecule has 2 aromatic rings. The number of fused-ring (bicyclic) bond motifs is 1. The lowest BCUT2D eigenvalue weighted by molar-refractivity contribution is -0.192. The van der Waals surface area contributed by atoms with Crippen molar-refractivity contribution in [3.63, 3.8) is 0 Å². The van der Waals surface area contributed by atoms with Crippen LogP contribution in [0, 0.1) is 0 Å². The van der Waals surface area contributed by atoms with Crippen LogP contribution in [0.25, 0.3) is 11.0 Å². The van der Waals surface area contributed by atoms with Crippen LogP contribution in [0.1, 0.15) is 0 Å². The number of nitrogens with one attached hydrogen (secondary N) is 1. The summed E-state index contributed by atoms with van der Waals surface area (Å²) in [6.45, 7) is 0. The summed E-state index contributed by atoms with van der Waals surface area (Å²) in [6, 6.07) is 1.87. The first-order valence-electron chi connectivity index (χ1n) is 3.94. The smallest absolute Gasteiger partial charge is 0.475 e. The Bertz CT molecular complexity index is 450. The average Bonchev–Trinajstić information content (AvgIpc) is 2.64. The van der Waals surface area contributed by atoms with Crippen LogP contribution in [0.3, 0.4) is 0 Å². The third-order valence-corrected chi connectivity index (χ3v) is 1.46. The van der Waals surface area contributed by atoms with Crippen LogP contribution in [-0.4, -0.2) is 32.2 Å². The van der Waals surface area contributed by atoms with Gasteiger partial charge in [-0.15, -0.1) is 0 Å². The van der Waals surface area contributed by atoms with Gasteiger partial charge >= 0.3 is 12.1 Å². The average molecular weight is 233 g/mol. The highest BCUT2D eigenvalue weighted by Crippen LogP contribution is 2.13. The SMILES string of the molecule is O=C(O)C(F)(F)F.c1cc2nc[nH]c2cn1. The summed E-state index contributed by atoms with van der Waals surface area (Å²) in [4.78, 5) is 19.8. The lowest BCUT2D eigenvalue weighted by Gasteiger charge is -1.93. The molecular formula is C8H6F3N3O2. The van der Waals surface area contributed by atoms with Crippen LogP contribution in [0.15, 0.2) is 24.8 Å². The van der Waals surface area contributed by atoms with Crippen molar-refractivity contribution in [2.75, 3.05) is 0 Å². The molecule has 0 saturated heterocycles. The first-order valence-corrected chi connectivity index (χ1v) is 3.94. The van der Waals surface area contributed by atoms with Gasteiger partial charge in [0.15, 0.2) is 0 Å². The Morgan fingerprint density at radius 2 is 2.06 bits per heavy atom. The second-order valence-corrected chi connectivity index (χ2v) is 2.60. The Hall–Kier alpha value is -2.12. The molecule has 0 unspecified atom stereocenters. The zero-order valence-corrected chi connectivity index (χ0v) is 7.69. The van der Waals surface area contributed by atoms with Gasteiger partial charge in [0.05, 0.1) is 23.6 Å². The number of carboxylic acid groups (broad SMARTS) is 1. The second-order valence-electron chi connectivity index (χ2n) is 2.60. The van der Waals surface area contributed by atoms with E-state index in [0.29, 0.717) is 0 Å². The molecule has 5 nitrogen and oxygen atoms in total. The number of pyridine rings is 1. The fourth-order valence-corrected chi connectivity index (χ4v) is 0.782. The normalized spacial score (nSPS) is 10.7. The number of aromatic amines is 1. The van der Waals surface area contributed by atoms with E-state index in [2.05, 4.69) is 15.0 Å². The molecule has 0 aliphatic rings. The van der Waals surface area contributed by atoms with Gasteiger partial charge in [-0.2, -0.15) is 13.2 Å². The number of imidazole rings is 1. The summed E-state index contributed by atoms with van der Waals surface area (Å²) in [6.07, 6.45) is 0.0534. The molecule has 2 aromatic heterocycles. The molecule has 0 bridgehead atoms. The zero-order chi connectivity index (χ0) is 12.2. The van der Waals surface area contributed by atoms with Gasteiger partial charge in [-0.3, -0.25) is 4.98 Å². The minimum absolute atomic E-state index is 0.963. The molecule has 0 aromatic carbocycles. The van der Waals surface area contributed by atoms with Gasteiger partial charge in [-0.25, -0.2) is 9.78 Å². The topological polar surface area (TPSA) is 78.9 Å². The van der Waals surface area contributed by atoms with Crippen molar-refractivity contribution in [1.29, 1.82) is 0 Å². The highest BCUT2D eigenvalue weighted by atomic mass is 19.4. The first kappa shape index (κ1) is 12.0. The van der Waals surface area contributed by atoms with Crippen molar-refractivity contribution in [3.05, 3.63) is 24.8 Å². The fraction of sp³-hybridized carbons (Fsp3) is 0.125. The maximum Gasteiger partial charge on any atom is 0.490 e. The third kappa shape index (κ3) is 3.23. The quantitative estimate of drug-likeness (QED) is 0.724. The van der Waals surface area contributed by atoms with E-state index in [1.807, 2.05) is 6.07 Å². The number of hydrogen-bond acceptors (Lipinski definition) is 3. The maximum absolute atomic E-state index is 10.6. The maximum atomic E-state index is 10.6. The second kappa shape index (κ2) is 4.60. The molecule has 0 saturated carbocycles. The number of aliphatic carboxylic acids is 1. The minimum atomic E-state index is -5.08. The highest BCUT2D eigenvalue weighted by molar-refractivity contribution is 5.73. The van der Waals surface area contributed by atoms with Gasteiger partial charge in [0.1, 0.15) is 0 Å². The Morgan fingerprint density at radius 3 is 2.56 bits per heavy atom. The molecule has 2 heterocycles. The van der Waals surface area contributed by atoms with Crippen LogP contribution in [-0.2, 0) is 4.79 Å². The molecule has 0 atom stereocenters. The van der Waals surface area contributed by atoms with Gasteiger partial charge in [0.2, 0.25) is 0 Å². The van der Waals surface area contributed by atoms with E-state index in [4.69, 9.17) is 9.90 Å². The monoisotopic (exact) mass is 233 g/mol. The van der Waals surface area contributed by atoms with E-state index in [9.17, 15) is 13.2 Å². The number of aromatic nitrogens is 3. The molecule has 16 heavy (non-hydrogen) atoms. The number of alkyl halides is 3. The van der Waals surface area contributed by atoms with Crippen LogP contribution in [0.5, 0.6) is 0 Å². The van der Waals surface area contributed by atoms with Gasteiger partial charge in [-0.05, 0) is 6.07 Å². The van der Waals surface area contributed by atoms with E-state index < -0.39 is 12.1 Å². The summed E-state index contributed by atoms with van der Waals surface area (Å²) in [5.74, 6) is -2.76. The number of H-pyrrole nitrogens is 1. The number of halogens is 3. The highest BCUT2D eigenvalue weighted by Gasteiger charge is 2.38. The van der Waals surface area contributed by atoms with E-state index in [0.717, 1.165) is 11.0 Å². The van der Waals surface area contributed by atoms with Crippen LogP contribution < -0.4 is 0 Å². The van der Waals surface area contributed by atoms with Gasteiger partial charge in [0, 0.05) is 6.20 Å². The van der Waals surface area contributed by atoms with Gasteiger partial charge < -0.3 is 10.1 Å². The van der Waals surface area contributed by atoms with Crippen molar-refractivity contribution >= 4 is 17.0 Å². The Labute approximate surface area is 86.9 Å². The van der Waals surface area contributed by atoms with E-state index in [1.165, 1.54) is 0 Å². The Morgan fingerprint density at radius 1 is 1.44 bits per heavy atom. The minimum Gasteiger partial charge on any atom is -0.475 e. The number of nitrogens with zero attached hydrogens (tertiary/aromatic N) is 2. The Balaban J connectivity index is 0.000000168. The first-order chi connectivity index (χ1) is 7.41. The van der Waals surface area contributed by atoms with Crippen molar-refractivity contribution in [3.8, 4) is 0 Å². The Kier molecular flexibility index (Phi) is 3.44. The zero-order valence-electron chi connectivity index (χ0n) is 7.69. The van der Waals surface area contributed by atoms with Crippen molar-refractivity contribution in [2.45, 2.75) is 6.18 Å². The van der Waals surface area contributed by atoms with Crippen LogP contribution in [0.2, 0.25) is 0 Å². The number of hydrogen-bond donors (Lipinski definition) is 2. The number of carbonyl (C=O) groups is 1. The summed E-state index contributed by atoms with van der Waals surface area (Å²) in [5.41, 5.74) is 1.95. The summed E-state index contributed by atoms with van der Waals surface area (Å²) < 4.78 is 31.7. The van der Waals surface area contributed by atoms with Crippen LogP contribution >= 0.6 is 0 Å². The molecule has 0 spiro atoms. The summed E-state index contributed by atoms with van der Waals surface area (Å²) in [5, 5.41) is 7.12. The number of carboxylic acids is 1. The fourth-order valence-electron chi connectivity index (χ4n) is 0.782. The van der Waals surface area contributed by atoms with Crippen LogP contribution in [0.4, 0.5) is 13.2 Å². The van der Waals surface area contributed by atoms with Crippen molar-refractivity contribution in [1.82, 2.24) is 15.0 Å². The largest absolute Gasteiger partial charge is 0.490 e. The molecule has 0 radical (unpaired) electrons. The predicted octanol–water partition coefficient (Wildman–Crippen LogP) is 1.59. The molecular weight excluding hydrogens is 227 g/mol. The van der Waals surface area contributed by atoms with E-state index in [-0.39, 0.29) is 0 Å². The summed E-state index contributed by atoms with van der Waals surface area (Å²) >= 11 is 0. The standard InChI is InChI=1S/C6H5N3.C2HF3O2/c1-2-7-3-6-5(1)8-4-9-6;3-2(4,5)1(6)7/h1-4H,(H,8,9);(H,6,7). The molecule has 2 N–H and O–H groups in total. The predicted molar refractivity (Wildman–Crippen MR) is 47.6 cm³/mol. The molecule has 8 heteroatoms. The molecule has 0 amide bonds. The van der Waals surface area contributed by atoms with Crippen molar-refractivity contribution < 1.29 is 23.1 Å². The van der Waals surface area contributed by atoms with Crippen molar-refractivity contribution in [2.24, 2.45) is 0 Å². The van der Waals surface area contributed by atoms with E-state index in [1.54, 1.807) is 18.7 Å². The molecule has 86 valence electrons.